The molecule has 2 heteroatoms. The van der Waals surface area contributed by atoms with Crippen molar-refractivity contribution in [3.05, 3.63) is 0 Å². The Labute approximate surface area is 68.3 Å². The van der Waals surface area contributed by atoms with Gasteiger partial charge < -0.3 is 4.90 Å². The molecule has 62 valence electrons. The first-order chi connectivity index (χ1) is 5.38. The molecule has 1 unspecified atom stereocenters. The van der Waals surface area contributed by atoms with Crippen LogP contribution in [-0.4, -0.2) is 29.9 Å². The molecule has 0 saturated carbocycles. The number of aliphatic imine (C=N–C) groups is 1. The summed E-state index contributed by atoms with van der Waals surface area (Å²) in [5.41, 5.74) is 0. The first-order valence-electron chi connectivity index (χ1n) is 4.65. The van der Waals surface area contributed by atoms with Crippen LogP contribution in [0.15, 0.2) is 4.99 Å². The second-order valence-electron chi connectivity index (χ2n) is 3.56. The molecule has 0 bridgehead atoms. The van der Waals surface area contributed by atoms with Gasteiger partial charge in [-0.2, -0.15) is 0 Å². The molecule has 0 aliphatic carbocycles. The van der Waals surface area contributed by atoms with E-state index in [1.54, 1.807) is 0 Å². The van der Waals surface area contributed by atoms with E-state index in [-0.39, 0.29) is 0 Å². The SMILES string of the molecule is CC1=NCCC2CCCCN12. The highest BCUT2D eigenvalue weighted by molar-refractivity contribution is 5.80. The van der Waals surface area contributed by atoms with Crippen LogP contribution >= 0.6 is 0 Å². The van der Waals surface area contributed by atoms with Crippen molar-refractivity contribution in [1.29, 1.82) is 0 Å². The Morgan fingerprint density at radius 2 is 2.27 bits per heavy atom. The number of hydrogen-bond donors (Lipinski definition) is 0. The second-order valence-corrected chi connectivity index (χ2v) is 3.56. The van der Waals surface area contributed by atoms with Gasteiger partial charge in [-0.05, 0) is 32.6 Å². The van der Waals surface area contributed by atoms with Crippen molar-refractivity contribution in [3.8, 4) is 0 Å². The van der Waals surface area contributed by atoms with Crippen molar-refractivity contribution in [2.24, 2.45) is 4.99 Å². The van der Waals surface area contributed by atoms with Crippen molar-refractivity contribution in [3.63, 3.8) is 0 Å². The van der Waals surface area contributed by atoms with Crippen LogP contribution in [0.5, 0.6) is 0 Å². The van der Waals surface area contributed by atoms with Gasteiger partial charge in [0.15, 0.2) is 0 Å². The molecule has 2 aliphatic rings. The average molecular weight is 152 g/mol. The van der Waals surface area contributed by atoms with Crippen molar-refractivity contribution < 1.29 is 0 Å². The minimum absolute atomic E-state index is 0.834. The molecule has 1 saturated heterocycles. The van der Waals surface area contributed by atoms with E-state index in [0.29, 0.717) is 0 Å². The highest BCUT2D eigenvalue weighted by atomic mass is 15.2. The Kier molecular flexibility index (Phi) is 1.84. The molecule has 2 rings (SSSR count). The van der Waals surface area contributed by atoms with E-state index >= 15 is 0 Å². The monoisotopic (exact) mass is 152 g/mol. The standard InChI is InChI=1S/C9H16N2/c1-8-10-6-5-9-4-2-3-7-11(8)9/h9H,2-7H2,1H3. The summed E-state index contributed by atoms with van der Waals surface area (Å²) in [6, 6.07) is 0.834. The highest BCUT2D eigenvalue weighted by Gasteiger charge is 2.24. The summed E-state index contributed by atoms with van der Waals surface area (Å²) in [6.07, 6.45) is 5.47. The molecule has 1 atom stereocenters. The number of nitrogens with zero attached hydrogens (tertiary/aromatic N) is 2. The Morgan fingerprint density at radius 3 is 3.09 bits per heavy atom. The fourth-order valence-corrected chi connectivity index (χ4v) is 2.19. The maximum Gasteiger partial charge on any atom is 0.0960 e. The van der Waals surface area contributed by atoms with Gasteiger partial charge in [0.05, 0.1) is 5.84 Å². The molecule has 1 fully saturated rings. The Hall–Kier alpha value is -0.530. The van der Waals surface area contributed by atoms with Crippen LogP contribution in [0.2, 0.25) is 0 Å². The number of rotatable bonds is 0. The van der Waals surface area contributed by atoms with Gasteiger partial charge in [-0.25, -0.2) is 0 Å². The van der Waals surface area contributed by atoms with Gasteiger partial charge >= 0.3 is 0 Å². The van der Waals surface area contributed by atoms with Gasteiger partial charge in [0.2, 0.25) is 0 Å². The molecule has 0 aromatic carbocycles. The quantitative estimate of drug-likeness (QED) is 0.515. The van der Waals surface area contributed by atoms with Crippen molar-refractivity contribution in [2.75, 3.05) is 13.1 Å². The topological polar surface area (TPSA) is 15.6 Å². The summed E-state index contributed by atoms with van der Waals surface area (Å²) in [6.45, 7) is 4.46. The molecule has 0 N–H and O–H groups in total. The summed E-state index contributed by atoms with van der Waals surface area (Å²) < 4.78 is 0. The first kappa shape index (κ1) is 7.14. The van der Waals surface area contributed by atoms with E-state index in [1.165, 1.54) is 38.1 Å². The van der Waals surface area contributed by atoms with Crippen LogP contribution in [-0.2, 0) is 0 Å². The van der Waals surface area contributed by atoms with Gasteiger partial charge in [0, 0.05) is 19.1 Å². The largest absolute Gasteiger partial charge is 0.358 e. The summed E-state index contributed by atoms with van der Waals surface area (Å²) in [7, 11) is 0. The molecule has 2 aliphatic heterocycles. The van der Waals surface area contributed by atoms with Crippen LogP contribution in [0.4, 0.5) is 0 Å². The van der Waals surface area contributed by atoms with E-state index in [2.05, 4.69) is 16.8 Å². The third kappa shape index (κ3) is 1.26. The van der Waals surface area contributed by atoms with Crippen molar-refractivity contribution in [1.82, 2.24) is 4.90 Å². The predicted octanol–water partition coefficient (Wildman–Crippen LogP) is 1.66. The maximum atomic E-state index is 4.46. The van der Waals surface area contributed by atoms with E-state index in [1.807, 2.05) is 0 Å². The summed E-state index contributed by atoms with van der Waals surface area (Å²) in [4.78, 5) is 6.95. The van der Waals surface area contributed by atoms with Crippen LogP contribution in [0.3, 0.4) is 0 Å². The smallest absolute Gasteiger partial charge is 0.0960 e. The predicted molar refractivity (Wildman–Crippen MR) is 46.9 cm³/mol. The van der Waals surface area contributed by atoms with Gasteiger partial charge in [-0.3, -0.25) is 4.99 Å². The lowest BCUT2D eigenvalue weighted by Gasteiger charge is -2.39. The lowest BCUT2D eigenvalue weighted by Crippen LogP contribution is -2.45. The van der Waals surface area contributed by atoms with E-state index in [4.69, 9.17) is 0 Å². The summed E-state index contributed by atoms with van der Waals surface area (Å²) in [5, 5.41) is 0. The van der Waals surface area contributed by atoms with E-state index < -0.39 is 0 Å². The molecule has 0 radical (unpaired) electrons. The van der Waals surface area contributed by atoms with Crippen LogP contribution in [0.1, 0.15) is 32.6 Å². The van der Waals surface area contributed by atoms with Crippen molar-refractivity contribution >= 4 is 5.84 Å². The summed E-state index contributed by atoms with van der Waals surface area (Å²) >= 11 is 0. The Balaban J connectivity index is 2.11. The maximum absolute atomic E-state index is 4.46. The second kappa shape index (κ2) is 2.84. The highest BCUT2D eigenvalue weighted by Crippen LogP contribution is 2.22. The molecular formula is C9H16N2. The molecule has 2 heterocycles. The zero-order valence-corrected chi connectivity index (χ0v) is 7.21. The minimum atomic E-state index is 0.834. The Morgan fingerprint density at radius 1 is 1.36 bits per heavy atom. The fourth-order valence-electron chi connectivity index (χ4n) is 2.19. The fraction of sp³-hybridized carbons (Fsp3) is 0.889. The molecular weight excluding hydrogens is 136 g/mol. The van der Waals surface area contributed by atoms with Gasteiger partial charge in [-0.15, -0.1) is 0 Å². The zero-order valence-electron chi connectivity index (χ0n) is 7.21. The van der Waals surface area contributed by atoms with Gasteiger partial charge in [0.25, 0.3) is 0 Å². The number of fused-ring (bicyclic) bond motifs is 1. The van der Waals surface area contributed by atoms with Crippen LogP contribution < -0.4 is 0 Å². The normalized spacial score (nSPS) is 31.2. The van der Waals surface area contributed by atoms with Crippen LogP contribution in [0, 0.1) is 0 Å². The van der Waals surface area contributed by atoms with Crippen molar-refractivity contribution in [2.45, 2.75) is 38.6 Å². The molecule has 2 nitrogen and oxygen atoms in total. The molecule has 0 amide bonds. The van der Waals surface area contributed by atoms with E-state index in [0.717, 1.165) is 12.6 Å². The first-order valence-corrected chi connectivity index (χ1v) is 4.65. The van der Waals surface area contributed by atoms with E-state index in [9.17, 15) is 0 Å². The molecule has 0 spiro atoms. The Bertz CT molecular complexity index is 174. The average Bonchev–Trinajstić information content (AvgIpc) is 2.06. The molecule has 11 heavy (non-hydrogen) atoms. The summed E-state index contributed by atoms with van der Waals surface area (Å²) in [5.74, 6) is 1.28. The van der Waals surface area contributed by atoms with Gasteiger partial charge in [0.1, 0.15) is 0 Å². The van der Waals surface area contributed by atoms with Crippen LogP contribution in [0.25, 0.3) is 0 Å². The molecule has 0 aromatic heterocycles. The third-order valence-electron chi connectivity index (χ3n) is 2.85. The number of amidine groups is 1. The zero-order chi connectivity index (χ0) is 7.68. The lowest BCUT2D eigenvalue weighted by molar-refractivity contribution is 0.219. The number of hydrogen-bond acceptors (Lipinski definition) is 2. The molecule has 0 aromatic rings. The lowest BCUT2D eigenvalue weighted by atomic mass is 9.98. The van der Waals surface area contributed by atoms with Gasteiger partial charge in [-0.1, -0.05) is 0 Å². The minimum Gasteiger partial charge on any atom is -0.358 e. The third-order valence-corrected chi connectivity index (χ3v) is 2.85. The number of piperidine rings is 1.